The van der Waals surface area contributed by atoms with E-state index >= 15 is 0 Å². The average molecular weight is 221 g/mol. The molecule has 72 valence electrons. The maximum atomic E-state index is 7.57. The van der Waals surface area contributed by atoms with E-state index in [9.17, 15) is 0 Å². The molecular formula is C9H10Cl2O2. The zero-order valence-corrected chi connectivity index (χ0v) is 8.64. The molecule has 0 amide bonds. The Kier molecular flexibility index (Phi) is 3.85. The fourth-order valence-electron chi connectivity index (χ4n) is 0.953. The minimum atomic E-state index is -0.344. The zero-order valence-electron chi connectivity index (χ0n) is 7.13. The molecule has 2 nitrogen and oxygen atoms in total. The van der Waals surface area contributed by atoms with Crippen LogP contribution in [0.15, 0.2) is 18.2 Å². The van der Waals surface area contributed by atoms with E-state index in [1.54, 1.807) is 13.0 Å². The van der Waals surface area contributed by atoms with Gasteiger partial charge in [-0.1, -0.05) is 29.3 Å². The Morgan fingerprint density at radius 1 is 1.54 bits per heavy atom. The van der Waals surface area contributed by atoms with E-state index in [0.717, 1.165) is 11.3 Å². The summed E-state index contributed by atoms with van der Waals surface area (Å²) in [4.78, 5) is 0. The lowest BCUT2D eigenvalue weighted by Crippen LogP contribution is -2.13. The first-order valence-electron chi connectivity index (χ1n) is 3.90. The van der Waals surface area contributed by atoms with Crippen molar-refractivity contribution in [2.45, 2.75) is 12.5 Å². The molecule has 1 unspecified atom stereocenters. The van der Waals surface area contributed by atoms with Gasteiger partial charge in [-0.3, -0.25) is 0 Å². The van der Waals surface area contributed by atoms with Gasteiger partial charge in [0.2, 0.25) is 5.56 Å². The monoisotopic (exact) mass is 220 g/mol. The van der Waals surface area contributed by atoms with Gasteiger partial charge in [0, 0.05) is 6.61 Å². The summed E-state index contributed by atoms with van der Waals surface area (Å²) >= 11 is 11.5. The normalized spacial score (nSPS) is 17.4. The average Bonchev–Trinajstić information content (AvgIpc) is 2.03. The molecule has 1 aromatic rings. The second-order valence-corrected chi connectivity index (χ2v) is 3.21. The summed E-state index contributed by atoms with van der Waals surface area (Å²) in [6.45, 7) is 1.93. The summed E-state index contributed by atoms with van der Waals surface area (Å²) in [5, 5.41) is 8.25. The van der Waals surface area contributed by atoms with Crippen LogP contribution < -0.4 is 4.74 Å². The van der Waals surface area contributed by atoms with Crippen molar-refractivity contribution < 1.29 is 9.84 Å². The largest absolute Gasteiger partial charge is 0.470 e. The van der Waals surface area contributed by atoms with Gasteiger partial charge in [0.25, 0.3) is 0 Å². The number of ether oxygens (including phenoxy) is 1. The first-order chi connectivity index (χ1) is 6.20. The Bertz CT molecular complexity index is 275. The number of hydrogen-bond acceptors (Lipinski definition) is 2. The summed E-state index contributed by atoms with van der Waals surface area (Å²) in [6, 6.07) is 5.49. The van der Waals surface area contributed by atoms with Gasteiger partial charge in [0.15, 0.2) is 0 Å². The van der Waals surface area contributed by atoms with E-state index in [4.69, 9.17) is 33.0 Å². The predicted octanol–water partition coefficient (Wildman–Crippen LogP) is 2.97. The quantitative estimate of drug-likeness (QED) is 0.682. The lowest BCUT2D eigenvalue weighted by Gasteiger charge is -2.26. The van der Waals surface area contributed by atoms with Gasteiger partial charge in [-0.25, -0.2) is 0 Å². The summed E-state index contributed by atoms with van der Waals surface area (Å²) in [5.74, 6) is 0.799. The van der Waals surface area contributed by atoms with Crippen LogP contribution in [-0.4, -0.2) is 11.7 Å². The van der Waals surface area contributed by atoms with Crippen LogP contribution in [0.25, 0.3) is 0 Å². The van der Waals surface area contributed by atoms with Crippen molar-refractivity contribution in [3.8, 4) is 5.75 Å². The standard InChI is InChI=1S/C7H4Cl2O.C2H6O/c8-4-2-1-3-5-6(4)7(9)10-5;1-2-3/h1-3,7H;3H,2H2,1H3. The third-order valence-electron chi connectivity index (χ3n) is 1.47. The molecule has 1 heterocycles. The van der Waals surface area contributed by atoms with E-state index in [1.807, 2.05) is 12.1 Å². The third kappa shape index (κ3) is 2.27. The number of rotatable bonds is 0. The maximum absolute atomic E-state index is 7.57. The van der Waals surface area contributed by atoms with Gasteiger partial charge in [-0.05, 0) is 19.1 Å². The fraction of sp³-hybridized carbons (Fsp3) is 0.333. The molecule has 2 rings (SSSR count). The number of benzene rings is 1. The van der Waals surface area contributed by atoms with Crippen molar-refractivity contribution in [1.29, 1.82) is 0 Å². The van der Waals surface area contributed by atoms with Crippen molar-refractivity contribution in [1.82, 2.24) is 0 Å². The molecule has 1 N–H and O–H groups in total. The molecule has 4 heteroatoms. The lowest BCUT2D eigenvalue weighted by atomic mass is 10.1. The number of hydrogen-bond donors (Lipinski definition) is 1. The molecule has 0 saturated heterocycles. The van der Waals surface area contributed by atoms with Gasteiger partial charge in [-0.15, -0.1) is 0 Å². The second kappa shape index (κ2) is 4.70. The third-order valence-corrected chi connectivity index (χ3v) is 2.11. The molecule has 0 aromatic heterocycles. The van der Waals surface area contributed by atoms with Gasteiger partial charge in [-0.2, -0.15) is 0 Å². The minimum Gasteiger partial charge on any atom is -0.470 e. The number of alkyl halides is 1. The highest BCUT2D eigenvalue weighted by Crippen LogP contribution is 2.45. The first-order valence-corrected chi connectivity index (χ1v) is 4.72. The predicted molar refractivity (Wildman–Crippen MR) is 53.4 cm³/mol. The highest BCUT2D eigenvalue weighted by atomic mass is 35.5. The highest BCUT2D eigenvalue weighted by molar-refractivity contribution is 6.33. The van der Waals surface area contributed by atoms with Crippen LogP contribution in [0, 0.1) is 0 Å². The van der Waals surface area contributed by atoms with Crippen LogP contribution in [0.5, 0.6) is 5.75 Å². The van der Waals surface area contributed by atoms with E-state index in [0.29, 0.717) is 5.02 Å². The van der Waals surface area contributed by atoms with Crippen molar-refractivity contribution >= 4 is 23.2 Å². The molecule has 0 fully saturated rings. The van der Waals surface area contributed by atoms with Crippen LogP contribution >= 0.6 is 23.2 Å². The topological polar surface area (TPSA) is 29.5 Å². The van der Waals surface area contributed by atoms with Crippen LogP contribution in [0.1, 0.15) is 18.1 Å². The molecular weight excluding hydrogens is 211 g/mol. The van der Waals surface area contributed by atoms with Crippen LogP contribution in [0.2, 0.25) is 5.02 Å². The Morgan fingerprint density at radius 2 is 2.15 bits per heavy atom. The molecule has 0 bridgehead atoms. The summed E-state index contributed by atoms with van der Waals surface area (Å²) < 4.78 is 5.05. The summed E-state index contributed by atoms with van der Waals surface area (Å²) in [7, 11) is 0. The van der Waals surface area contributed by atoms with E-state index in [2.05, 4.69) is 0 Å². The number of aliphatic hydroxyl groups is 1. The van der Waals surface area contributed by atoms with Crippen molar-refractivity contribution in [3.63, 3.8) is 0 Å². The molecule has 0 aliphatic carbocycles. The second-order valence-electron chi connectivity index (χ2n) is 2.40. The van der Waals surface area contributed by atoms with Crippen LogP contribution in [-0.2, 0) is 0 Å². The van der Waals surface area contributed by atoms with E-state index in [1.165, 1.54) is 0 Å². The van der Waals surface area contributed by atoms with Gasteiger partial charge >= 0.3 is 0 Å². The van der Waals surface area contributed by atoms with Crippen LogP contribution in [0.4, 0.5) is 0 Å². The number of halogens is 2. The lowest BCUT2D eigenvalue weighted by molar-refractivity contribution is 0.225. The molecule has 0 radical (unpaired) electrons. The van der Waals surface area contributed by atoms with Crippen molar-refractivity contribution in [2.75, 3.05) is 6.61 Å². The zero-order chi connectivity index (χ0) is 9.84. The Hall–Kier alpha value is -0.440. The van der Waals surface area contributed by atoms with Gasteiger partial charge in [0.05, 0.1) is 10.6 Å². The molecule has 0 saturated carbocycles. The molecule has 1 aromatic carbocycles. The molecule has 1 aliphatic rings. The van der Waals surface area contributed by atoms with E-state index in [-0.39, 0.29) is 12.2 Å². The minimum absolute atomic E-state index is 0.250. The molecule has 13 heavy (non-hydrogen) atoms. The molecule has 0 spiro atoms. The van der Waals surface area contributed by atoms with Gasteiger partial charge in [0.1, 0.15) is 5.75 Å². The Balaban J connectivity index is 0.000000251. The molecule has 1 aliphatic heterocycles. The van der Waals surface area contributed by atoms with Gasteiger partial charge < -0.3 is 9.84 Å². The number of fused-ring (bicyclic) bond motifs is 1. The smallest absolute Gasteiger partial charge is 0.202 e. The molecule has 1 atom stereocenters. The Morgan fingerprint density at radius 3 is 2.54 bits per heavy atom. The van der Waals surface area contributed by atoms with Crippen molar-refractivity contribution in [2.24, 2.45) is 0 Å². The van der Waals surface area contributed by atoms with Crippen LogP contribution in [0.3, 0.4) is 0 Å². The van der Waals surface area contributed by atoms with E-state index < -0.39 is 0 Å². The summed E-state index contributed by atoms with van der Waals surface area (Å²) in [5.41, 5.74) is 0.564. The fourth-order valence-corrected chi connectivity index (χ4v) is 1.59. The summed E-state index contributed by atoms with van der Waals surface area (Å²) in [6.07, 6.45) is 0. The van der Waals surface area contributed by atoms with Crippen molar-refractivity contribution in [3.05, 3.63) is 28.8 Å². The maximum Gasteiger partial charge on any atom is 0.202 e. The first kappa shape index (κ1) is 10.6. The Labute approximate surface area is 87.0 Å². The highest BCUT2D eigenvalue weighted by Gasteiger charge is 2.27. The number of aliphatic hydroxyl groups excluding tert-OH is 1. The SMILES string of the molecule is CCO.Clc1cccc2c1C(Cl)O2.